The molecule has 4 heteroatoms. The smallest absolute Gasteiger partial charge is 0.185 e. The second kappa shape index (κ2) is 4.34. The molecule has 3 rings (SSSR count). The first kappa shape index (κ1) is 10.5. The molecule has 1 heterocycles. The van der Waals surface area contributed by atoms with E-state index in [1.807, 2.05) is 0 Å². The summed E-state index contributed by atoms with van der Waals surface area (Å²) in [6, 6.07) is 0. The molecule has 0 spiro atoms. The van der Waals surface area contributed by atoms with E-state index >= 15 is 0 Å². The molecule has 1 aromatic heterocycles. The van der Waals surface area contributed by atoms with Crippen molar-refractivity contribution in [1.82, 2.24) is 4.98 Å². The number of rotatable bonds is 6. The number of hydrogen-bond donors (Lipinski definition) is 1. The van der Waals surface area contributed by atoms with Gasteiger partial charge < -0.3 is 10.6 Å². The first-order chi connectivity index (χ1) is 7.85. The second-order valence-corrected chi connectivity index (χ2v) is 5.95. The molecule has 2 saturated carbocycles. The van der Waals surface area contributed by atoms with Crippen molar-refractivity contribution in [3.05, 3.63) is 11.1 Å². The van der Waals surface area contributed by atoms with Gasteiger partial charge in [0.25, 0.3) is 0 Å². The fraction of sp³-hybridized carbons (Fsp3) is 0.750. The maximum Gasteiger partial charge on any atom is 0.185 e. The molecule has 2 fully saturated rings. The lowest BCUT2D eigenvalue weighted by molar-refractivity contribution is 0.676. The van der Waals surface area contributed by atoms with Gasteiger partial charge in [0.05, 0.1) is 5.69 Å². The molecule has 1 aromatic rings. The van der Waals surface area contributed by atoms with Crippen molar-refractivity contribution in [3.63, 3.8) is 0 Å². The molecule has 88 valence electrons. The van der Waals surface area contributed by atoms with Crippen LogP contribution in [-0.2, 0) is 6.54 Å². The summed E-state index contributed by atoms with van der Waals surface area (Å²) in [4.78, 5) is 7.11. The van der Waals surface area contributed by atoms with E-state index in [0.717, 1.165) is 17.5 Å². The fourth-order valence-corrected chi connectivity index (χ4v) is 2.85. The Kier molecular flexibility index (Phi) is 2.86. The van der Waals surface area contributed by atoms with Crippen LogP contribution in [0.15, 0.2) is 5.38 Å². The van der Waals surface area contributed by atoms with Crippen LogP contribution in [0.3, 0.4) is 0 Å². The molecule has 3 nitrogen and oxygen atoms in total. The Labute approximate surface area is 101 Å². The van der Waals surface area contributed by atoms with E-state index in [2.05, 4.69) is 15.3 Å². The summed E-state index contributed by atoms with van der Waals surface area (Å²) in [5.41, 5.74) is 6.65. The Hall–Kier alpha value is -0.610. The van der Waals surface area contributed by atoms with Gasteiger partial charge in [-0.3, -0.25) is 0 Å². The maximum atomic E-state index is 5.62. The van der Waals surface area contributed by atoms with Gasteiger partial charge in [-0.15, -0.1) is 11.3 Å². The number of nitrogens with two attached hydrogens (primary N) is 1. The molecule has 2 aliphatic carbocycles. The lowest BCUT2D eigenvalue weighted by Gasteiger charge is -2.21. The van der Waals surface area contributed by atoms with Gasteiger partial charge in [0.2, 0.25) is 0 Å². The van der Waals surface area contributed by atoms with Gasteiger partial charge >= 0.3 is 0 Å². The van der Waals surface area contributed by atoms with Gasteiger partial charge in [-0.05, 0) is 37.5 Å². The number of thiazole rings is 1. The third-order valence-corrected chi connectivity index (χ3v) is 4.32. The van der Waals surface area contributed by atoms with Crippen molar-refractivity contribution in [2.75, 3.05) is 18.0 Å². The van der Waals surface area contributed by atoms with Gasteiger partial charge in [-0.2, -0.15) is 0 Å². The number of hydrogen-bond acceptors (Lipinski definition) is 4. The molecular weight excluding hydrogens is 218 g/mol. The van der Waals surface area contributed by atoms with Crippen molar-refractivity contribution in [2.45, 2.75) is 32.2 Å². The van der Waals surface area contributed by atoms with E-state index in [4.69, 9.17) is 5.73 Å². The predicted octanol–water partition coefficient (Wildman–Crippen LogP) is 2.23. The number of anilines is 1. The molecule has 0 amide bonds. The van der Waals surface area contributed by atoms with Crippen molar-refractivity contribution in [2.24, 2.45) is 17.6 Å². The van der Waals surface area contributed by atoms with E-state index in [-0.39, 0.29) is 0 Å². The summed E-state index contributed by atoms with van der Waals surface area (Å²) in [6.45, 7) is 3.00. The SMILES string of the molecule is NCc1csc(N(CC2CC2)CC2CC2)n1. The molecule has 2 aliphatic rings. The van der Waals surface area contributed by atoms with Gasteiger partial charge in [-0.25, -0.2) is 4.98 Å². The molecule has 2 N–H and O–H groups in total. The fourth-order valence-electron chi connectivity index (χ4n) is 1.99. The monoisotopic (exact) mass is 237 g/mol. The summed E-state index contributed by atoms with van der Waals surface area (Å²) in [6.07, 6.45) is 5.65. The number of aromatic nitrogens is 1. The Morgan fingerprint density at radius 1 is 1.25 bits per heavy atom. The van der Waals surface area contributed by atoms with E-state index in [0.29, 0.717) is 6.54 Å². The first-order valence-electron chi connectivity index (χ1n) is 6.24. The lowest BCUT2D eigenvalue weighted by Crippen LogP contribution is -2.28. The topological polar surface area (TPSA) is 42.1 Å². The van der Waals surface area contributed by atoms with Crippen molar-refractivity contribution < 1.29 is 0 Å². The predicted molar refractivity (Wildman–Crippen MR) is 67.7 cm³/mol. The highest BCUT2D eigenvalue weighted by Crippen LogP contribution is 2.36. The van der Waals surface area contributed by atoms with Crippen molar-refractivity contribution in [3.8, 4) is 0 Å². The minimum Gasteiger partial charge on any atom is -0.348 e. The van der Waals surface area contributed by atoms with Crippen LogP contribution in [0, 0.1) is 11.8 Å². The van der Waals surface area contributed by atoms with E-state index in [9.17, 15) is 0 Å². The molecule has 0 atom stereocenters. The Balaban J connectivity index is 1.68. The van der Waals surface area contributed by atoms with Crippen molar-refractivity contribution in [1.29, 1.82) is 0 Å². The average Bonchev–Trinajstić information content (AvgIpc) is 3.21. The first-order valence-corrected chi connectivity index (χ1v) is 7.12. The minimum atomic E-state index is 0.567. The molecule has 0 radical (unpaired) electrons. The molecule has 16 heavy (non-hydrogen) atoms. The van der Waals surface area contributed by atoms with Crippen LogP contribution in [0.4, 0.5) is 5.13 Å². The largest absolute Gasteiger partial charge is 0.348 e. The highest BCUT2D eigenvalue weighted by molar-refractivity contribution is 7.13. The van der Waals surface area contributed by atoms with E-state index < -0.39 is 0 Å². The van der Waals surface area contributed by atoms with Gasteiger partial charge in [-0.1, -0.05) is 0 Å². The van der Waals surface area contributed by atoms with Gasteiger partial charge in [0.1, 0.15) is 0 Å². The van der Waals surface area contributed by atoms with Crippen LogP contribution in [0.1, 0.15) is 31.4 Å². The lowest BCUT2D eigenvalue weighted by atomic mass is 10.3. The molecule has 0 aliphatic heterocycles. The summed E-state index contributed by atoms with van der Waals surface area (Å²) in [5, 5.41) is 3.29. The Morgan fingerprint density at radius 2 is 1.88 bits per heavy atom. The van der Waals surface area contributed by atoms with E-state index in [1.54, 1.807) is 11.3 Å². The molecule has 0 bridgehead atoms. The summed E-state index contributed by atoms with van der Waals surface area (Å²) >= 11 is 1.76. The molecule has 0 unspecified atom stereocenters. The van der Waals surface area contributed by atoms with Crippen molar-refractivity contribution >= 4 is 16.5 Å². The number of nitrogens with zero attached hydrogens (tertiary/aromatic N) is 2. The third-order valence-electron chi connectivity index (χ3n) is 3.37. The van der Waals surface area contributed by atoms with Crippen LogP contribution in [0.2, 0.25) is 0 Å². The van der Waals surface area contributed by atoms with Crippen LogP contribution < -0.4 is 10.6 Å². The van der Waals surface area contributed by atoms with Crippen LogP contribution in [0.5, 0.6) is 0 Å². The average molecular weight is 237 g/mol. The van der Waals surface area contributed by atoms with Crippen LogP contribution in [-0.4, -0.2) is 18.1 Å². The van der Waals surface area contributed by atoms with Gasteiger partial charge in [0.15, 0.2) is 5.13 Å². The van der Waals surface area contributed by atoms with E-state index in [1.165, 1.54) is 43.9 Å². The minimum absolute atomic E-state index is 0.567. The molecular formula is C12H19N3S. The van der Waals surface area contributed by atoms with Gasteiger partial charge in [0, 0.05) is 25.0 Å². The Bertz CT molecular complexity index is 341. The second-order valence-electron chi connectivity index (χ2n) is 5.12. The molecule has 0 aromatic carbocycles. The molecule has 0 saturated heterocycles. The maximum absolute atomic E-state index is 5.62. The zero-order chi connectivity index (χ0) is 11.0. The highest BCUT2D eigenvalue weighted by Gasteiger charge is 2.30. The Morgan fingerprint density at radius 3 is 2.31 bits per heavy atom. The highest BCUT2D eigenvalue weighted by atomic mass is 32.1. The summed E-state index contributed by atoms with van der Waals surface area (Å²) in [5.74, 6) is 1.87. The summed E-state index contributed by atoms with van der Waals surface area (Å²) in [7, 11) is 0. The quantitative estimate of drug-likeness (QED) is 0.825. The zero-order valence-corrected chi connectivity index (χ0v) is 10.4. The normalized spacial score (nSPS) is 20.1. The summed E-state index contributed by atoms with van der Waals surface area (Å²) < 4.78 is 0. The standard InChI is InChI=1S/C12H19N3S/c13-5-11-8-16-12(14-11)15(6-9-1-2-9)7-10-3-4-10/h8-10H,1-7,13H2. The van der Waals surface area contributed by atoms with Crippen LogP contribution in [0.25, 0.3) is 0 Å². The third kappa shape index (κ3) is 2.55. The zero-order valence-electron chi connectivity index (χ0n) is 9.56. The van der Waals surface area contributed by atoms with Crippen LogP contribution >= 0.6 is 11.3 Å².